The van der Waals surface area contributed by atoms with Crippen LogP contribution in [-0.2, 0) is 11.2 Å². The van der Waals surface area contributed by atoms with Gasteiger partial charge in [0.15, 0.2) is 0 Å². The molecule has 1 atom stereocenters. The normalized spacial score (nSPS) is 25.7. The van der Waals surface area contributed by atoms with Crippen molar-refractivity contribution in [1.29, 1.82) is 0 Å². The molecule has 0 bridgehead atoms. The number of hydrogen-bond acceptors (Lipinski definition) is 3. The maximum absolute atomic E-state index is 5.72. The minimum absolute atomic E-state index is 0.557. The van der Waals surface area contributed by atoms with Gasteiger partial charge in [0, 0.05) is 19.1 Å². The van der Waals surface area contributed by atoms with Crippen LogP contribution in [-0.4, -0.2) is 50.3 Å². The molecule has 2 fully saturated rings. The van der Waals surface area contributed by atoms with Crippen molar-refractivity contribution in [2.45, 2.75) is 25.3 Å². The van der Waals surface area contributed by atoms with E-state index >= 15 is 0 Å². The lowest BCUT2D eigenvalue weighted by atomic mass is 9.95. The third kappa shape index (κ3) is 3.81. The molecule has 1 aromatic carbocycles. The largest absolute Gasteiger partial charge is 0.378 e. The number of piperidine rings is 1. The van der Waals surface area contributed by atoms with Crippen LogP contribution in [0.15, 0.2) is 30.3 Å². The van der Waals surface area contributed by atoms with E-state index in [-0.39, 0.29) is 0 Å². The van der Waals surface area contributed by atoms with Gasteiger partial charge in [-0.05, 0) is 43.8 Å². The summed E-state index contributed by atoms with van der Waals surface area (Å²) in [4.78, 5) is 2.67. The van der Waals surface area contributed by atoms with Crippen molar-refractivity contribution in [1.82, 2.24) is 10.2 Å². The van der Waals surface area contributed by atoms with Crippen molar-refractivity contribution in [3.8, 4) is 0 Å². The number of morpholine rings is 1. The highest BCUT2D eigenvalue weighted by Gasteiger charge is 2.26. The van der Waals surface area contributed by atoms with E-state index in [0.29, 0.717) is 6.04 Å². The smallest absolute Gasteiger partial charge is 0.0625 e. The molecule has 0 aliphatic carbocycles. The van der Waals surface area contributed by atoms with Gasteiger partial charge in [-0.1, -0.05) is 30.3 Å². The first kappa shape index (κ1) is 14.1. The maximum atomic E-state index is 5.72. The van der Waals surface area contributed by atoms with Gasteiger partial charge in [-0.2, -0.15) is 0 Å². The second kappa shape index (κ2) is 7.21. The van der Waals surface area contributed by atoms with Crippen molar-refractivity contribution >= 4 is 0 Å². The minimum atomic E-state index is 0.557. The van der Waals surface area contributed by atoms with E-state index in [1.807, 2.05) is 0 Å². The molecule has 20 heavy (non-hydrogen) atoms. The molecule has 2 saturated heterocycles. The zero-order valence-electron chi connectivity index (χ0n) is 12.3. The van der Waals surface area contributed by atoms with E-state index in [2.05, 4.69) is 40.5 Å². The molecule has 3 heteroatoms. The Labute approximate surface area is 122 Å². The summed E-state index contributed by atoms with van der Waals surface area (Å²) in [6.07, 6.45) is 3.77. The van der Waals surface area contributed by atoms with Gasteiger partial charge in [0.1, 0.15) is 0 Å². The summed E-state index contributed by atoms with van der Waals surface area (Å²) < 4.78 is 5.72. The van der Waals surface area contributed by atoms with Crippen molar-refractivity contribution < 1.29 is 4.74 Å². The molecule has 0 radical (unpaired) electrons. The Hall–Kier alpha value is -0.900. The lowest BCUT2D eigenvalue weighted by Crippen LogP contribution is -2.49. The number of benzene rings is 1. The van der Waals surface area contributed by atoms with Gasteiger partial charge in [0.25, 0.3) is 0 Å². The molecule has 3 nitrogen and oxygen atoms in total. The summed E-state index contributed by atoms with van der Waals surface area (Å²) in [6, 6.07) is 11.4. The van der Waals surface area contributed by atoms with Gasteiger partial charge in [0.05, 0.1) is 13.2 Å². The topological polar surface area (TPSA) is 24.5 Å². The number of nitrogens with one attached hydrogen (secondary N) is 1. The minimum Gasteiger partial charge on any atom is -0.378 e. The molecule has 2 aliphatic rings. The molecule has 0 saturated carbocycles. The van der Waals surface area contributed by atoms with Gasteiger partial charge < -0.3 is 10.1 Å². The summed E-state index contributed by atoms with van der Waals surface area (Å²) in [5, 5.41) is 3.46. The van der Waals surface area contributed by atoms with E-state index in [0.717, 1.165) is 32.1 Å². The zero-order chi connectivity index (χ0) is 13.6. The molecule has 1 aromatic rings. The predicted molar refractivity (Wildman–Crippen MR) is 81.9 cm³/mol. The predicted octanol–water partition coefficient (Wildman–Crippen LogP) is 1.93. The maximum Gasteiger partial charge on any atom is 0.0625 e. The highest BCUT2D eigenvalue weighted by Crippen LogP contribution is 2.19. The highest BCUT2D eigenvalue weighted by molar-refractivity contribution is 5.16. The molecule has 110 valence electrons. The van der Waals surface area contributed by atoms with E-state index in [4.69, 9.17) is 4.74 Å². The van der Waals surface area contributed by atoms with Gasteiger partial charge in [-0.15, -0.1) is 0 Å². The third-order valence-electron chi connectivity index (χ3n) is 4.62. The lowest BCUT2D eigenvalue weighted by molar-refractivity contribution is -0.0158. The fourth-order valence-corrected chi connectivity index (χ4v) is 3.40. The Morgan fingerprint density at radius 2 is 1.95 bits per heavy atom. The van der Waals surface area contributed by atoms with Crippen molar-refractivity contribution in [3.05, 3.63) is 35.9 Å². The van der Waals surface area contributed by atoms with Gasteiger partial charge in [-0.25, -0.2) is 0 Å². The second-order valence-electron chi connectivity index (χ2n) is 6.11. The van der Waals surface area contributed by atoms with Crippen LogP contribution in [0.3, 0.4) is 0 Å². The summed E-state index contributed by atoms with van der Waals surface area (Å²) in [5.41, 5.74) is 1.43. The first-order valence-electron chi connectivity index (χ1n) is 7.98. The first-order valence-corrected chi connectivity index (χ1v) is 7.98. The standard InChI is InChI=1S/C17H26N2O/c1-2-4-15(5-3-1)12-17-14-20-11-10-19(17)13-16-6-8-18-9-7-16/h1-5,16-18H,6-14H2. The summed E-state index contributed by atoms with van der Waals surface area (Å²) in [6.45, 7) is 6.52. The van der Waals surface area contributed by atoms with Gasteiger partial charge in [-0.3, -0.25) is 4.90 Å². The van der Waals surface area contributed by atoms with Crippen LogP contribution >= 0.6 is 0 Å². The number of hydrogen-bond donors (Lipinski definition) is 1. The molecule has 0 spiro atoms. The number of nitrogens with zero attached hydrogens (tertiary/aromatic N) is 1. The lowest BCUT2D eigenvalue weighted by Gasteiger charge is -2.38. The second-order valence-corrected chi connectivity index (χ2v) is 6.11. The van der Waals surface area contributed by atoms with E-state index in [1.54, 1.807) is 0 Å². The van der Waals surface area contributed by atoms with E-state index < -0.39 is 0 Å². The summed E-state index contributed by atoms with van der Waals surface area (Å²) in [7, 11) is 0. The Balaban J connectivity index is 1.58. The quantitative estimate of drug-likeness (QED) is 0.908. The van der Waals surface area contributed by atoms with Crippen LogP contribution < -0.4 is 5.32 Å². The van der Waals surface area contributed by atoms with Gasteiger partial charge in [0.2, 0.25) is 0 Å². The first-order chi connectivity index (χ1) is 9.92. The van der Waals surface area contributed by atoms with Crippen LogP contribution in [0.1, 0.15) is 18.4 Å². The Bertz CT molecular complexity index is 389. The summed E-state index contributed by atoms with van der Waals surface area (Å²) >= 11 is 0. The molecule has 2 heterocycles. The summed E-state index contributed by atoms with van der Waals surface area (Å²) in [5.74, 6) is 0.868. The van der Waals surface area contributed by atoms with Crippen LogP contribution in [0, 0.1) is 5.92 Å². The van der Waals surface area contributed by atoms with Crippen LogP contribution in [0.4, 0.5) is 0 Å². The van der Waals surface area contributed by atoms with Crippen molar-refractivity contribution in [2.75, 3.05) is 39.4 Å². The Kier molecular flexibility index (Phi) is 5.06. The molecule has 1 unspecified atom stereocenters. The molecule has 3 rings (SSSR count). The fraction of sp³-hybridized carbons (Fsp3) is 0.647. The molecule has 0 amide bonds. The fourth-order valence-electron chi connectivity index (χ4n) is 3.40. The van der Waals surface area contributed by atoms with Gasteiger partial charge >= 0.3 is 0 Å². The van der Waals surface area contributed by atoms with Crippen molar-refractivity contribution in [2.24, 2.45) is 5.92 Å². The molecule has 2 aliphatic heterocycles. The van der Waals surface area contributed by atoms with Crippen LogP contribution in [0.5, 0.6) is 0 Å². The van der Waals surface area contributed by atoms with Crippen molar-refractivity contribution in [3.63, 3.8) is 0 Å². The van der Waals surface area contributed by atoms with Crippen LogP contribution in [0.2, 0.25) is 0 Å². The van der Waals surface area contributed by atoms with E-state index in [1.165, 1.54) is 38.0 Å². The molecular formula is C17H26N2O. The van der Waals surface area contributed by atoms with E-state index in [9.17, 15) is 0 Å². The number of ether oxygens (including phenoxy) is 1. The average molecular weight is 274 g/mol. The number of rotatable bonds is 4. The average Bonchev–Trinajstić information content (AvgIpc) is 2.51. The highest BCUT2D eigenvalue weighted by atomic mass is 16.5. The monoisotopic (exact) mass is 274 g/mol. The molecule has 1 N–H and O–H groups in total. The Morgan fingerprint density at radius 1 is 1.15 bits per heavy atom. The SMILES string of the molecule is c1ccc(CC2COCCN2CC2CCNCC2)cc1. The van der Waals surface area contributed by atoms with Crippen LogP contribution in [0.25, 0.3) is 0 Å². The third-order valence-corrected chi connectivity index (χ3v) is 4.62. The Morgan fingerprint density at radius 3 is 2.75 bits per heavy atom. The molecular weight excluding hydrogens is 248 g/mol. The molecule has 0 aromatic heterocycles. The zero-order valence-corrected chi connectivity index (χ0v) is 12.3.